The van der Waals surface area contributed by atoms with Gasteiger partial charge in [0.05, 0.1) is 6.54 Å². The van der Waals surface area contributed by atoms with E-state index in [0.29, 0.717) is 62.2 Å². The van der Waals surface area contributed by atoms with Crippen molar-refractivity contribution in [3.8, 4) is 0 Å². The van der Waals surface area contributed by atoms with Crippen molar-refractivity contribution < 1.29 is 43.1 Å². The number of benzene rings is 1. The van der Waals surface area contributed by atoms with E-state index < -0.39 is 12.1 Å². The first-order valence-corrected chi connectivity index (χ1v) is 23.1. The first-order valence-electron chi connectivity index (χ1n) is 22.3. The molecule has 0 aliphatic carbocycles. The van der Waals surface area contributed by atoms with Gasteiger partial charge in [-0.05, 0) is 82.7 Å². The number of unbranched alkanes of at least 4 members (excludes halogenated alkanes) is 5. The van der Waals surface area contributed by atoms with Crippen molar-refractivity contribution in [3.63, 3.8) is 0 Å². The van der Waals surface area contributed by atoms with Crippen LogP contribution in [0.5, 0.6) is 0 Å². The number of nitrogens with one attached hydrogen (secondary N) is 4. The van der Waals surface area contributed by atoms with Gasteiger partial charge in [0.25, 0.3) is 17.7 Å². The number of imide groups is 1. The quantitative estimate of drug-likeness (QED) is 0.0434. The lowest BCUT2D eigenvalue weighted by molar-refractivity contribution is -0.148. The Hall–Kier alpha value is -5.49. The van der Waals surface area contributed by atoms with E-state index in [2.05, 4.69) is 26.3 Å². The van der Waals surface area contributed by atoms with Gasteiger partial charge in [-0.2, -0.15) is 0 Å². The molecule has 3 atom stereocenters. The van der Waals surface area contributed by atoms with Crippen molar-refractivity contribution >= 4 is 64.3 Å². The van der Waals surface area contributed by atoms with Crippen LogP contribution in [0.2, 0.25) is 0 Å². The van der Waals surface area contributed by atoms with Crippen LogP contribution >= 0.6 is 11.3 Å². The molecule has 3 unspecified atom stereocenters. The predicted molar refractivity (Wildman–Crippen MR) is 247 cm³/mol. The smallest absolute Gasteiger partial charge is 0.303 e. The van der Waals surface area contributed by atoms with Gasteiger partial charge in [-0.25, -0.2) is 4.98 Å². The van der Waals surface area contributed by atoms with Crippen molar-refractivity contribution in [2.24, 2.45) is 11.7 Å². The molecule has 0 fully saturated rings. The number of esters is 1. The Morgan fingerprint density at radius 2 is 1.53 bits per heavy atom. The minimum Gasteiger partial charge on any atom is -0.455 e. The number of nitrogens with two attached hydrogens (primary N) is 1. The Labute approximate surface area is 382 Å². The molecule has 18 heteroatoms. The van der Waals surface area contributed by atoms with E-state index in [0.717, 1.165) is 44.2 Å². The summed E-state index contributed by atoms with van der Waals surface area (Å²) in [5.74, 6) is -2.16. The predicted octanol–water partition coefficient (Wildman–Crippen LogP) is 4.96. The standard InChI is InChI=1S/C39H54N6O8S.C7H16N2O/c1-7-8-13-35(49)44(6)31(25(2)3)22-32(53-27(5)46)39-43-30(24-54-39)38(52)41-26(4)21-28-14-16-29(17-15-28)42-34(48)23-40-33(47)12-10-9-11-20-45-36(50)18-19-37(45)51;1-9-6-4-2-3-5-7(8)10/h14-19,24-26,31-32H,7-13,20-23H2,1-6H3,(H,40,47)(H,41,52)(H,42,48);9H,2-6H2,1H3,(H2,8,10). The van der Waals surface area contributed by atoms with Crippen molar-refractivity contribution in [3.05, 3.63) is 58.1 Å². The fourth-order valence-corrected chi connectivity index (χ4v) is 7.63. The first kappa shape index (κ1) is 54.6. The van der Waals surface area contributed by atoms with Gasteiger partial charge in [-0.3, -0.25) is 43.3 Å². The van der Waals surface area contributed by atoms with Crippen LogP contribution in [0.15, 0.2) is 41.8 Å². The number of hydrogen-bond acceptors (Lipinski definition) is 12. The molecule has 17 nitrogen and oxygen atoms in total. The van der Waals surface area contributed by atoms with Crippen LogP contribution in [-0.4, -0.2) is 108 Å². The number of anilines is 1. The maximum absolute atomic E-state index is 13.1. The molecule has 2 heterocycles. The Morgan fingerprint density at radius 3 is 2.14 bits per heavy atom. The molecular weight excluding hydrogens is 841 g/mol. The third-order valence-corrected chi connectivity index (χ3v) is 11.3. The molecule has 3 rings (SSSR count). The largest absolute Gasteiger partial charge is 0.455 e. The van der Waals surface area contributed by atoms with Crippen LogP contribution < -0.4 is 27.0 Å². The molecule has 6 N–H and O–H groups in total. The summed E-state index contributed by atoms with van der Waals surface area (Å²) in [6, 6.07) is 6.73. The van der Waals surface area contributed by atoms with Gasteiger partial charge >= 0.3 is 5.97 Å². The summed E-state index contributed by atoms with van der Waals surface area (Å²) < 4.78 is 5.65. The molecular formula is C46H70N8O9S. The Bertz CT molecular complexity index is 1850. The zero-order valence-electron chi connectivity index (χ0n) is 38.7. The highest BCUT2D eigenvalue weighted by molar-refractivity contribution is 7.09. The number of primary amides is 1. The number of aromatic nitrogens is 1. The van der Waals surface area contributed by atoms with Crippen molar-refractivity contribution in [1.82, 2.24) is 30.7 Å². The molecule has 7 amide bonds. The van der Waals surface area contributed by atoms with Gasteiger partial charge in [0.1, 0.15) is 10.7 Å². The summed E-state index contributed by atoms with van der Waals surface area (Å²) in [7, 11) is 3.70. The number of amides is 7. The molecule has 0 radical (unpaired) electrons. The molecule has 0 saturated carbocycles. The second-order valence-electron chi connectivity index (χ2n) is 16.3. The van der Waals surface area contributed by atoms with Crippen LogP contribution in [0, 0.1) is 5.92 Å². The van der Waals surface area contributed by atoms with E-state index in [1.807, 2.05) is 46.9 Å². The van der Waals surface area contributed by atoms with E-state index in [4.69, 9.17) is 10.5 Å². The number of hydrogen-bond donors (Lipinski definition) is 5. The Morgan fingerprint density at radius 1 is 0.875 bits per heavy atom. The monoisotopic (exact) mass is 910 g/mol. The molecule has 0 bridgehead atoms. The highest BCUT2D eigenvalue weighted by Gasteiger charge is 2.31. The van der Waals surface area contributed by atoms with Gasteiger partial charge in [0, 0.05) is 81.5 Å². The van der Waals surface area contributed by atoms with E-state index in [1.165, 1.54) is 35.3 Å². The van der Waals surface area contributed by atoms with E-state index >= 15 is 0 Å². The molecule has 2 aromatic rings. The molecule has 1 aliphatic heterocycles. The minimum atomic E-state index is -0.710. The average Bonchev–Trinajstić information content (AvgIpc) is 3.87. The molecule has 1 aromatic carbocycles. The summed E-state index contributed by atoms with van der Waals surface area (Å²) >= 11 is 1.23. The maximum Gasteiger partial charge on any atom is 0.303 e. The normalized spacial score (nSPS) is 13.4. The van der Waals surface area contributed by atoms with Crippen molar-refractivity contribution in [1.29, 1.82) is 0 Å². The molecule has 354 valence electrons. The molecule has 1 aliphatic rings. The maximum atomic E-state index is 13.1. The van der Waals surface area contributed by atoms with Gasteiger partial charge in [0.2, 0.25) is 23.6 Å². The second-order valence-corrected chi connectivity index (χ2v) is 17.2. The summed E-state index contributed by atoms with van der Waals surface area (Å²) in [6.07, 6.45) is 10.6. The van der Waals surface area contributed by atoms with Gasteiger partial charge in [0.15, 0.2) is 6.10 Å². The third kappa shape index (κ3) is 21.3. The SMILES string of the molecule is CCCCC(=O)N(C)C(CC(OC(C)=O)c1nc(C(=O)NC(C)Cc2ccc(NC(=O)CNC(=O)CCCCCN3C(=O)C=CC3=O)cc2)cs1)C(C)C.CNCCCCCC(N)=O. The zero-order valence-corrected chi connectivity index (χ0v) is 39.5. The number of nitrogens with zero attached hydrogens (tertiary/aromatic N) is 3. The fraction of sp³-hybridized carbons (Fsp3) is 0.587. The van der Waals surface area contributed by atoms with Crippen LogP contribution in [-0.2, 0) is 44.7 Å². The summed E-state index contributed by atoms with van der Waals surface area (Å²) in [6.45, 7) is 10.4. The molecule has 64 heavy (non-hydrogen) atoms. The van der Waals surface area contributed by atoms with E-state index in [1.54, 1.807) is 29.5 Å². The van der Waals surface area contributed by atoms with Crippen LogP contribution in [0.1, 0.15) is 139 Å². The highest BCUT2D eigenvalue weighted by atomic mass is 32.1. The number of rotatable bonds is 28. The van der Waals surface area contributed by atoms with Crippen molar-refractivity contribution in [2.45, 2.75) is 136 Å². The zero-order chi connectivity index (χ0) is 47.6. The van der Waals surface area contributed by atoms with Crippen molar-refractivity contribution in [2.75, 3.05) is 39.0 Å². The molecule has 0 spiro atoms. The fourth-order valence-electron chi connectivity index (χ4n) is 6.79. The summed E-state index contributed by atoms with van der Waals surface area (Å²) in [5, 5.41) is 13.5. The van der Waals surface area contributed by atoms with Gasteiger partial charge < -0.3 is 36.6 Å². The Kier molecular flexibility index (Phi) is 25.4. The lowest BCUT2D eigenvalue weighted by Crippen LogP contribution is -2.41. The number of carbonyl (C=O) groups excluding carboxylic acids is 8. The van der Waals surface area contributed by atoms with Crippen LogP contribution in [0.25, 0.3) is 0 Å². The molecule has 0 saturated heterocycles. The lowest BCUT2D eigenvalue weighted by atomic mass is 9.96. The topological polar surface area (TPSA) is 239 Å². The lowest BCUT2D eigenvalue weighted by Gasteiger charge is -2.33. The Balaban J connectivity index is 0.00000125. The van der Waals surface area contributed by atoms with Crippen LogP contribution in [0.4, 0.5) is 5.69 Å². The number of carbonyl (C=O) groups is 8. The van der Waals surface area contributed by atoms with Gasteiger partial charge in [-0.15, -0.1) is 11.3 Å². The van der Waals surface area contributed by atoms with E-state index in [9.17, 15) is 38.4 Å². The summed E-state index contributed by atoms with van der Waals surface area (Å²) in [4.78, 5) is 103. The summed E-state index contributed by atoms with van der Waals surface area (Å²) in [5.41, 5.74) is 6.65. The minimum absolute atomic E-state index is 0.0407. The average molecular weight is 911 g/mol. The number of thiazole rings is 1. The van der Waals surface area contributed by atoms with E-state index in [-0.39, 0.29) is 78.0 Å². The molecule has 1 aromatic heterocycles. The number of ether oxygens (including phenoxy) is 1. The van der Waals surface area contributed by atoms with Crippen LogP contribution in [0.3, 0.4) is 0 Å². The third-order valence-electron chi connectivity index (χ3n) is 10.3. The highest BCUT2D eigenvalue weighted by Crippen LogP contribution is 2.30. The van der Waals surface area contributed by atoms with Gasteiger partial charge in [-0.1, -0.05) is 52.2 Å². The first-order chi connectivity index (χ1) is 30.4. The second kappa shape index (κ2) is 29.8.